The number of esters is 1. The third-order valence-corrected chi connectivity index (χ3v) is 6.05. The summed E-state index contributed by atoms with van der Waals surface area (Å²) in [6, 6.07) is 0. The van der Waals surface area contributed by atoms with Crippen molar-refractivity contribution in [2.45, 2.75) is 45.4 Å². The minimum atomic E-state index is -4.64. The lowest BCUT2D eigenvalue weighted by Gasteiger charge is -2.19. The minimum absolute atomic E-state index is 0.0102. The van der Waals surface area contributed by atoms with Crippen LogP contribution in [0.4, 0.5) is 13.2 Å². The standard InChI is InChI=1S/C20H40O9.C16H32O9.C2HF3O/c1-20(2,3)29-19(21)5-6-23-9-10-25-13-14-27-17-18-28-16-15-26-12-11-24-8-7-22-4;1-19-4-5-21-8-9-23-12-13-25-15-14-24-11-10-22-7-6-20-3-2-16(17)18;3-2(4,5)1-6/h5-18H2,1-4H3;2-15H2,1H3,(H,17,18);1H. The van der Waals surface area contributed by atoms with Crippen LogP contribution in [-0.2, 0) is 85.4 Å². The summed E-state index contributed by atoms with van der Waals surface area (Å²) < 4.78 is 110. The summed E-state index contributed by atoms with van der Waals surface area (Å²) in [6.45, 7) is 18.4. The van der Waals surface area contributed by atoms with E-state index in [0.29, 0.717) is 165 Å². The van der Waals surface area contributed by atoms with E-state index in [1.54, 1.807) is 14.2 Å². The first-order valence-corrected chi connectivity index (χ1v) is 19.7. The van der Waals surface area contributed by atoms with Gasteiger partial charge in [-0.25, -0.2) is 0 Å². The fourth-order valence-corrected chi connectivity index (χ4v) is 3.40. The molecule has 0 bridgehead atoms. The average Bonchev–Trinajstić information content (AvgIpc) is 3.19. The fraction of sp³-hybridized carbons (Fsp3) is 0.921. The Balaban J connectivity index is -0.000000958. The molecule has 0 saturated carbocycles. The van der Waals surface area contributed by atoms with E-state index < -0.39 is 24.0 Å². The van der Waals surface area contributed by atoms with Gasteiger partial charge in [-0.3, -0.25) is 14.4 Å². The molecular formula is C38H73F3O19. The summed E-state index contributed by atoms with van der Waals surface area (Å²) in [5.74, 6) is -1.12. The molecular weight excluding hydrogens is 817 g/mol. The number of aliphatic carboxylic acids is 1. The number of alkyl halides is 3. The molecule has 19 nitrogen and oxygen atoms in total. The number of carboxylic acid groups (broad SMARTS) is 1. The van der Waals surface area contributed by atoms with Crippen LogP contribution >= 0.6 is 0 Å². The molecule has 0 atom stereocenters. The van der Waals surface area contributed by atoms with Gasteiger partial charge < -0.3 is 76.2 Å². The van der Waals surface area contributed by atoms with E-state index >= 15 is 0 Å². The van der Waals surface area contributed by atoms with Gasteiger partial charge in [-0.15, -0.1) is 0 Å². The lowest BCUT2D eigenvalue weighted by molar-refractivity contribution is -0.156. The SMILES string of the molecule is COCCOCCOCCOCCOCCOCCOCCC(=O)O.COCCOCCOCCOCCOCCOCCOCCC(=O)OC(C)(C)C.O=CC(F)(F)F. The maximum Gasteiger partial charge on any atom is 0.446 e. The number of hydrogen-bond donors (Lipinski definition) is 1. The highest BCUT2D eigenvalue weighted by molar-refractivity contribution is 5.69. The van der Waals surface area contributed by atoms with Crippen molar-refractivity contribution < 1.29 is 104 Å². The Kier molecular flexibility index (Phi) is 51.3. The Labute approximate surface area is 353 Å². The normalized spacial score (nSPS) is 11.4. The molecule has 0 radical (unpaired) electrons. The number of halogens is 3. The molecule has 360 valence electrons. The molecule has 0 aromatic carbocycles. The van der Waals surface area contributed by atoms with Gasteiger partial charge in [0.1, 0.15) is 5.60 Å². The van der Waals surface area contributed by atoms with Crippen LogP contribution in [0, 0.1) is 0 Å². The Hall–Kier alpha value is -2.16. The zero-order chi connectivity index (χ0) is 45.3. The highest BCUT2D eigenvalue weighted by Gasteiger charge is 2.25. The summed E-state index contributed by atoms with van der Waals surface area (Å²) in [6.07, 6.45) is -5.45. The fourth-order valence-electron chi connectivity index (χ4n) is 3.40. The molecule has 0 heterocycles. The van der Waals surface area contributed by atoms with Crippen molar-refractivity contribution in [3.05, 3.63) is 0 Å². The molecule has 0 aromatic heterocycles. The van der Waals surface area contributed by atoms with Crippen molar-refractivity contribution in [2.24, 2.45) is 0 Å². The molecule has 60 heavy (non-hydrogen) atoms. The third kappa shape index (κ3) is 67.6. The highest BCUT2D eigenvalue weighted by Crippen LogP contribution is 2.09. The molecule has 0 unspecified atom stereocenters. The second kappa shape index (κ2) is 49.5. The Morgan fingerprint density at radius 1 is 0.417 bits per heavy atom. The number of carbonyl (C=O) groups excluding carboxylic acids is 2. The summed E-state index contributed by atoms with van der Waals surface area (Å²) in [5, 5.41) is 8.41. The van der Waals surface area contributed by atoms with Crippen molar-refractivity contribution in [1.82, 2.24) is 0 Å². The summed E-state index contributed by atoms with van der Waals surface area (Å²) in [7, 11) is 3.28. The van der Waals surface area contributed by atoms with Crippen molar-refractivity contribution in [1.29, 1.82) is 0 Å². The van der Waals surface area contributed by atoms with E-state index in [1.165, 1.54) is 0 Å². The first kappa shape index (κ1) is 62.1. The van der Waals surface area contributed by atoms with Crippen molar-refractivity contribution in [2.75, 3.05) is 186 Å². The van der Waals surface area contributed by atoms with E-state index in [9.17, 15) is 22.8 Å². The van der Waals surface area contributed by atoms with Gasteiger partial charge in [0.25, 0.3) is 0 Å². The molecule has 0 aliphatic heterocycles. The Morgan fingerprint density at radius 2 is 0.617 bits per heavy atom. The number of carboxylic acids is 1. The van der Waals surface area contributed by atoms with E-state index in [4.69, 9.17) is 81.0 Å². The summed E-state index contributed by atoms with van der Waals surface area (Å²) in [5.41, 5.74) is -0.460. The summed E-state index contributed by atoms with van der Waals surface area (Å²) in [4.78, 5) is 30.4. The third-order valence-electron chi connectivity index (χ3n) is 6.05. The molecule has 1 N–H and O–H groups in total. The van der Waals surface area contributed by atoms with Crippen molar-refractivity contribution in [3.63, 3.8) is 0 Å². The maximum absolute atomic E-state index is 11.5. The molecule has 0 rings (SSSR count). The van der Waals surface area contributed by atoms with Crippen LogP contribution in [0.5, 0.6) is 0 Å². The molecule has 0 saturated heterocycles. The largest absolute Gasteiger partial charge is 0.481 e. The summed E-state index contributed by atoms with van der Waals surface area (Å²) >= 11 is 0. The van der Waals surface area contributed by atoms with Crippen LogP contribution < -0.4 is 0 Å². The lowest BCUT2D eigenvalue weighted by Crippen LogP contribution is -2.24. The predicted molar refractivity (Wildman–Crippen MR) is 208 cm³/mol. The van der Waals surface area contributed by atoms with Crippen LogP contribution in [0.2, 0.25) is 0 Å². The smallest absolute Gasteiger partial charge is 0.446 e. The molecule has 0 spiro atoms. The molecule has 22 heteroatoms. The molecule has 0 amide bonds. The van der Waals surface area contributed by atoms with E-state index in [-0.39, 0.29) is 25.4 Å². The van der Waals surface area contributed by atoms with E-state index in [2.05, 4.69) is 0 Å². The second-order valence-electron chi connectivity index (χ2n) is 12.5. The number of hydrogen-bond acceptors (Lipinski definition) is 18. The van der Waals surface area contributed by atoms with E-state index in [1.807, 2.05) is 20.8 Å². The van der Waals surface area contributed by atoms with Gasteiger partial charge >= 0.3 is 18.1 Å². The first-order chi connectivity index (χ1) is 28.8. The van der Waals surface area contributed by atoms with Crippen molar-refractivity contribution in [3.8, 4) is 0 Å². The average molecular weight is 891 g/mol. The Morgan fingerprint density at radius 3 is 0.800 bits per heavy atom. The zero-order valence-corrected chi connectivity index (χ0v) is 36.3. The van der Waals surface area contributed by atoms with Crippen LogP contribution in [0.25, 0.3) is 0 Å². The number of aldehydes is 1. The molecule has 0 aliphatic carbocycles. The monoisotopic (exact) mass is 890 g/mol. The number of rotatable bonds is 42. The number of methoxy groups -OCH3 is 2. The topological polar surface area (TPSA) is 210 Å². The molecule has 0 fully saturated rings. The van der Waals surface area contributed by atoms with E-state index in [0.717, 1.165) is 0 Å². The van der Waals surface area contributed by atoms with Gasteiger partial charge in [0.15, 0.2) is 0 Å². The van der Waals surface area contributed by atoms with Crippen molar-refractivity contribution >= 4 is 18.2 Å². The quantitative estimate of drug-likeness (QED) is 0.0530. The Bertz CT molecular complexity index is 899. The van der Waals surface area contributed by atoms with Crippen LogP contribution in [0.1, 0.15) is 33.6 Å². The van der Waals surface area contributed by atoms with Gasteiger partial charge in [0.05, 0.1) is 185 Å². The maximum atomic E-state index is 11.5. The molecule has 0 aliphatic rings. The number of carbonyl (C=O) groups is 3. The van der Waals surface area contributed by atoms with Crippen LogP contribution in [0.3, 0.4) is 0 Å². The number of ether oxygens (including phenoxy) is 15. The van der Waals surface area contributed by atoms with Crippen LogP contribution in [0.15, 0.2) is 0 Å². The van der Waals surface area contributed by atoms with Gasteiger partial charge in [0.2, 0.25) is 6.29 Å². The minimum Gasteiger partial charge on any atom is -0.481 e. The van der Waals surface area contributed by atoms with Crippen LogP contribution in [-0.4, -0.2) is 221 Å². The van der Waals surface area contributed by atoms with Gasteiger partial charge in [0, 0.05) is 14.2 Å². The second-order valence-corrected chi connectivity index (χ2v) is 12.5. The van der Waals surface area contributed by atoms with Gasteiger partial charge in [-0.05, 0) is 20.8 Å². The zero-order valence-electron chi connectivity index (χ0n) is 36.3. The predicted octanol–water partition coefficient (Wildman–Crippen LogP) is 2.42. The highest BCUT2D eigenvalue weighted by atomic mass is 19.4. The van der Waals surface area contributed by atoms with Gasteiger partial charge in [-0.2, -0.15) is 13.2 Å². The molecule has 0 aromatic rings. The lowest BCUT2D eigenvalue weighted by atomic mass is 10.2. The first-order valence-electron chi connectivity index (χ1n) is 19.7. The van der Waals surface area contributed by atoms with Gasteiger partial charge in [-0.1, -0.05) is 0 Å².